The maximum atomic E-state index is 11.9. The number of nitrogens with zero attached hydrogens (tertiary/aromatic N) is 1. The molecule has 0 bridgehead atoms. The van der Waals surface area contributed by atoms with Crippen molar-refractivity contribution in [3.8, 4) is 5.75 Å². The Morgan fingerprint density at radius 2 is 2.09 bits per heavy atom. The summed E-state index contributed by atoms with van der Waals surface area (Å²) in [6.45, 7) is -0.0440. The van der Waals surface area contributed by atoms with Crippen LogP contribution in [0.3, 0.4) is 0 Å². The molecule has 0 spiro atoms. The smallest absolute Gasteiger partial charge is 0.259 e. The van der Waals surface area contributed by atoms with Gasteiger partial charge in [0.2, 0.25) is 5.91 Å². The van der Waals surface area contributed by atoms with Crippen LogP contribution < -0.4 is 15.8 Å². The summed E-state index contributed by atoms with van der Waals surface area (Å²) in [5, 5.41) is 2.75. The zero-order valence-electron chi connectivity index (χ0n) is 13.6. The van der Waals surface area contributed by atoms with Crippen LogP contribution >= 0.6 is 24.2 Å². The molecule has 1 aromatic carbocycles. The summed E-state index contributed by atoms with van der Waals surface area (Å²) >= 11 is 1.65. The van der Waals surface area contributed by atoms with E-state index in [1.165, 1.54) is 4.90 Å². The molecule has 23 heavy (non-hydrogen) atoms. The minimum Gasteiger partial charge on any atom is -0.484 e. The largest absolute Gasteiger partial charge is 0.484 e. The molecule has 1 aromatic rings. The molecule has 0 saturated heterocycles. The highest BCUT2D eigenvalue weighted by atomic mass is 35.5. The highest BCUT2D eigenvalue weighted by Gasteiger charge is 2.13. The van der Waals surface area contributed by atoms with E-state index >= 15 is 0 Å². The molecular weight excluding hydrogens is 338 g/mol. The Morgan fingerprint density at radius 1 is 1.39 bits per heavy atom. The Hall–Kier alpha value is -1.44. The van der Waals surface area contributed by atoms with Crippen LogP contribution in [0.2, 0.25) is 0 Å². The third-order valence-corrected chi connectivity index (χ3v) is 3.58. The highest BCUT2D eigenvalue weighted by molar-refractivity contribution is 7.98. The molecule has 0 aliphatic carbocycles. The zero-order valence-corrected chi connectivity index (χ0v) is 15.2. The first-order valence-electron chi connectivity index (χ1n) is 6.92. The number of ether oxygens (including phenoxy) is 1. The van der Waals surface area contributed by atoms with Crippen LogP contribution in [-0.2, 0) is 9.59 Å². The normalized spacial score (nSPS) is 11.1. The molecule has 2 amide bonds. The first-order chi connectivity index (χ1) is 10.4. The quantitative estimate of drug-likeness (QED) is 0.734. The van der Waals surface area contributed by atoms with Crippen molar-refractivity contribution in [2.24, 2.45) is 5.73 Å². The van der Waals surface area contributed by atoms with Crippen LogP contribution in [0.15, 0.2) is 24.3 Å². The van der Waals surface area contributed by atoms with Gasteiger partial charge < -0.3 is 20.7 Å². The lowest BCUT2D eigenvalue weighted by Gasteiger charge is -2.14. The number of anilines is 1. The molecule has 0 unspecified atom stereocenters. The van der Waals surface area contributed by atoms with E-state index in [9.17, 15) is 9.59 Å². The molecule has 0 aliphatic rings. The average Bonchev–Trinajstić information content (AvgIpc) is 2.50. The van der Waals surface area contributed by atoms with E-state index in [-0.39, 0.29) is 30.8 Å². The third-order valence-electron chi connectivity index (χ3n) is 2.93. The van der Waals surface area contributed by atoms with Gasteiger partial charge in [-0.15, -0.1) is 12.4 Å². The fourth-order valence-corrected chi connectivity index (χ4v) is 2.04. The SMILES string of the molecule is CSCC[C@H](N)C(=O)Nc1cccc(OCC(=O)N(C)C)c1.Cl. The molecule has 130 valence electrons. The van der Waals surface area contributed by atoms with Gasteiger partial charge in [0.1, 0.15) is 5.75 Å². The van der Waals surface area contributed by atoms with E-state index in [0.29, 0.717) is 17.9 Å². The van der Waals surface area contributed by atoms with Crippen LogP contribution in [0.25, 0.3) is 0 Å². The lowest BCUT2D eigenvalue weighted by Crippen LogP contribution is -2.36. The Morgan fingerprint density at radius 3 is 2.70 bits per heavy atom. The average molecular weight is 362 g/mol. The summed E-state index contributed by atoms with van der Waals surface area (Å²) in [7, 11) is 3.33. The summed E-state index contributed by atoms with van der Waals surface area (Å²) < 4.78 is 5.40. The van der Waals surface area contributed by atoms with Crippen LogP contribution in [0.4, 0.5) is 5.69 Å². The van der Waals surface area contributed by atoms with Gasteiger partial charge in [-0.05, 0) is 30.6 Å². The summed E-state index contributed by atoms with van der Waals surface area (Å²) in [5.41, 5.74) is 6.41. The molecule has 8 heteroatoms. The van der Waals surface area contributed by atoms with Gasteiger partial charge in [0, 0.05) is 25.8 Å². The number of carbonyl (C=O) groups excluding carboxylic acids is 2. The number of nitrogens with one attached hydrogen (secondary N) is 1. The van der Waals surface area contributed by atoms with Gasteiger partial charge in [-0.25, -0.2) is 0 Å². The fraction of sp³-hybridized carbons (Fsp3) is 0.467. The third kappa shape index (κ3) is 8.11. The van der Waals surface area contributed by atoms with Crippen molar-refractivity contribution >= 4 is 41.7 Å². The van der Waals surface area contributed by atoms with Crippen LogP contribution in [-0.4, -0.2) is 55.5 Å². The molecular formula is C15H24ClN3O3S. The van der Waals surface area contributed by atoms with E-state index in [1.54, 1.807) is 50.1 Å². The molecule has 6 nitrogen and oxygen atoms in total. The van der Waals surface area contributed by atoms with Crippen molar-refractivity contribution in [3.63, 3.8) is 0 Å². The first kappa shape index (κ1) is 21.6. The predicted octanol–water partition coefficient (Wildman–Crippen LogP) is 1.59. The van der Waals surface area contributed by atoms with E-state index in [2.05, 4.69) is 5.32 Å². The highest BCUT2D eigenvalue weighted by Crippen LogP contribution is 2.17. The minimum atomic E-state index is -0.535. The number of rotatable bonds is 8. The first-order valence-corrected chi connectivity index (χ1v) is 8.32. The molecule has 0 radical (unpaired) electrons. The van der Waals surface area contributed by atoms with Crippen LogP contribution in [0.5, 0.6) is 5.75 Å². The number of halogens is 1. The maximum absolute atomic E-state index is 11.9. The molecule has 0 heterocycles. The zero-order chi connectivity index (χ0) is 16.5. The standard InChI is InChI=1S/C15H23N3O3S.ClH/c1-18(2)14(19)10-21-12-6-4-5-11(9-12)17-15(20)13(16)7-8-22-3;/h4-6,9,13H,7-8,10,16H2,1-3H3,(H,17,20);1H/t13-;/m0./s1. The number of hydrogen-bond donors (Lipinski definition) is 2. The number of thioether (sulfide) groups is 1. The molecule has 1 rings (SSSR count). The second kappa shape index (κ2) is 11.2. The topological polar surface area (TPSA) is 84.7 Å². The van der Waals surface area contributed by atoms with Gasteiger partial charge in [0.05, 0.1) is 6.04 Å². The van der Waals surface area contributed by atoms with E-state index in [0.717, 1.165) is 5.75 Å². The van der Waals surface area contributed by atoms with Crippen molar-refractivity contribution in [1.82, 2.24) is 4.90 Å². The molecule has 0 fully saturated rings. The van der Waals surface area contributed by atoms with Gasteiger partial charge in [0.25, 0.3) is 5.91 Å². The lowest BCUT2D eigenvalue weighted by molar-refractivity contribution is -0.130. The number of carbonyl (C=O) groups is 2. The second-order valence-corrected chi connectivity index (χ2v) is 5.97. The number of hydrogen-bond acceptors (Lipinski definition) is 5. The Balaban J connectivity index is 0.00000484. The summed E-state index contributed by atoms with van der Waals surface area (Å²) in [5.74, 6) is 1.000. The van der Waals surface area contributed by atoms with Gasteiger partial charge in [-0.1, -0.05) is 6.07 Å². The lowest BCUT2D eigenvalue weighted by atomic mass is 10.2. The Kier molecular flexibility index (Phi) is 10.5. The Bertz CT molecular complexity index is 514. The fourth-order valence-electron chi connectivity index (χ4n) is 1.55. The monoisotopic (exact) mass is 361 g/mol. The maximum Gasteiger partial charge on any atom is 0.259 e. The van der Waals surface area contributed by atoms with Crippen molar-refractivity contribution in [2.75, 3.05) is 38.0 Å². The van der Waals surface area contributed by atoms with Gasteiger partial charge in [-0.3, -0.25) is 9.59 Å². The number of nitrogens with two attached hydrogens (primary N) is 1. The summed E-state index contributed by atoms with van der Waals surface area (Å²) in [6, 6.07) is 6.36. The van der Waals surface area contributed by atoms with Crippen LogP contribution in [0.1, 0.15) is 6.42 Å². The minimum absolute atomic E-state index is 0. The van der Waals surface area contributed by atoms with Gasteiger partial charge in [-0.2, -0.15) is 11.8 Å². The van der Waals surface area contributed by atoms with Crippen molar-refractivity contribution < 1.29 is 14.3 Å². The van der Waals surface area contributed by atoms with Gasteiger partial charge in [0.15, 0.2) is 6.61 Å². The predicted molar refractivity (Wildman–Crippen MR) is 97.5 cm³/mol. The van der Waals surface area contributed by atoms with Crippen molar-refractivity contribution in [2.45, 2.75) is 12.5 Å². The number of benzene rings is 1. The molecule has 3 N–H and O–H groups in total. The van der Waals surface area contributed by atoms with E-state index in [1.807, 2.05) is 6.26 Å². The molecule has 0 saturated carbocycles. The second-order valence-electron chi connectivity index (χ2n) is 4.98. The van der Waals surface area contributed by atoms with Crippen LogP contribution in [0, 0.1) is 0 Å². The summed E-state index contributed by atoms with van der Waals surface area (Å²) in [6.07, 6.45) is 2.60. The number of likely N-dealkylation sites (N-methyl/N-ethyl adjacent to an activating group) is 1. The van der Waals surface area contributed by atoms with E-state index < -0.39 is 6.04 Å². The van der Waals surface area contributed by atoms with Crippen molar-refractivity contribution in [1.29, 1.82) is 0 Å². The molecule has 0 aromatic heterocycles. The van der Waals surface area contributed by atoms with Crippen molar-refractivity contribution in [3.05, 3.63) is 24.3 Å². The summed E-state index contributed by atoms with van der Waals surface area (Å²) in [4.78, 5) is 24.9. The Labute approximate surface area is 147 Å². The molecule has 0 aliphatic heterocycles. The van der Waals surface area contributed by atoms with E-state index in [4.69, 9.17) is 10.5 Å². The number of amides is 2. The van der Waals surface area contributed by atoms with Gasteiger partial charge >= 0.3 is 0 Å². The molecule has 1 atom stereocenters.